The van der Waals surface area contributed by atoms with Crippen LogP contribution in [0.3, 0.4) is 0 Å². The first-order valence-corrected chi connectivity index (χ1v) is 7.98. The van der Waals surface area contributed by atoms with Crippen LogP contribution in [0.1, 0.15) is 5.69 Å². The Morgan fingerprint density at radius 1 is 1.12 bits per heavy atom. The van der Waals surface area contributed by atoms with Gasteiger partial charge in [-0.1, -0.05) is 12.2 Å². The number of hydrogen-bond donors (Lipinski definition) is 1. The van der Waals surface area contributed by atoms with E-state index in [2.05, 4.69) is 9.98 Å². The Kier molecular flexibility index (Phi) is 3.63. The van der Waals surface area contributed by atoms with Crippen LogP contribution >= 0.6 is 12.2 Å². The first-order valence-electron chi connectivity index (χ1n) is 7.57. The van der Waals surface area contributed by atoms with E-state index >= 15 is 0 Å². The van der Waals surface area contributed by atoms with E-state index in [1.54, 1.807) is 7.11 Å². The van der Waals surface area contributed by atoms with Crippen LogP contribution in [-0.4, -0.2) is 23.3 Å². The SMILES string of the molecule is COc1ccc(N2C(=S)C=CC2=C2N=CC=C2c2ccc[nH]2)cc1. The fraction of sp³-hybridized carbons (Fsp3) is 0.0526. The molecule has 0 aliphatic carbocycles. The fourth-order valence-corrected chi connectivity index (χ4v) is 3.13. The Morgan fingerprint density at radius 3 is 2.67 bits per heavy atom. The van der Waals surface area contributed by atoms with Crippen molar-refractivity contribution in [3.63, 3.8) is 0 Å². The molecule has 4 nitrogen and oxygen atoms in total. The molecule has 118 valence electrons. The largest absolute Gasteiger partial charge is 0.497 e. The number of nitrogens with zero attached hydrogens (tertiary/aromatic N) is 2. The van der Waals surface area contributed by atoms with E-state index in [9.17, 15) is 0 Å². The van der Waals surface area contributed by atoms with E-state index in [4.69, 9.17) is 17.0 Å². The molecule has 24 heavy (non-hydrogen) atoms. The van der Waals surface area contributed by atoms with Gasteiger partial charge in [0, 0.05) is 29.4 Å². The number of anilines is 1. The Morgan fingerprint density at radius 2 is 1.96 bits per heavy atom. The summed E-state index contributed by atoms with van der Waals surface area (Å²) in [6.07, 6.45) is 9.69. The van der Waals surface area contributed by atoms with Crippen molar-refractivity contribution in [1.82, 2.24) is 4.98 Å². The molecule has 0 spiro atoms. The summed E-state index contributed by atoms with van der Waals surface area (Å²) in [5.41, 5.74) is 4.96. The maximum Gasteiger partial charge on any atom is 0.119 e. The lowest BCUT2D eigenvalue weighted by Crippen LogP contribution is -2.22. The normalized spacial score (nSPS) is 19.3. The van der Waals surface area contributed by atoms with Gasteiger partial charge in [-0.05, 0) is 54.6 Å². The van der Waals surface area contributed by atoms with Crippen molar-refractivity contribution < 1.29 is 4.74 Å². The van der Waals surface area contributed by atoms with Gasteiger partial charge in [-0.3, -0.25) is 9.89 Å². The van der Waals surface area contributed by atoms with Crippen LogP contribution in [0.15, 0.2) is 77.2 Å². The first-order chi connectivity index (χ1) is 11.8. The molecule has 2 aliphatic rings. The molecule has 2 aromatic rings. The molecule has 3 heterocycles. The van der Waals surface area contributed by atoms with Crippen molar-refractivity contribution in [1.29, 1.82) is 0 Å². The third kappa shape index (κ3) is 2.39. The van der Waals surface area contributed by atoms with Crippen molar-refractivity contribution >= 4 is 34.7 Å². The third-order valence-electron chi connectivity index (χ3n) is 4.01. The van der Waals surface area contributed by atoms with Gasteiger partial charge in [-0.2, -0.15) is 0 Å². The average molecular weight is 333 g/mol. The maximum absolute atomic E-state index is 5.53. The van der Waals surface area contributed by atoms with Crippen LogP contribution in [0, 0.1) is 0 Å². The molecule has 0 unspecified atom stereocenters. The molecule has 0 fully saturated rings. The molecule has 0 atom stereocenters. The molecule has 5 heteroatoms. The zero-order chi connectivity index (χ0) is 16.5. The number of aromatic amines is 1. The number of aromatic nitrogens is 1. The van der Waals surface area contributed by atoms with Crippen LogP contribution in [0.2, 0.25) is 0 Å². The number of H-pyrrole nitrogens is 1. The number of allylic oxidation sites excluding steroid dienone is 3. The van der Waals surface area contributed by atoms with Gasteiger partial charge in [0.15, 0.2) is 0 Å². The molecule has 0 amide bonds. The molecule has 1 N–H and O–H groups in total. The minimum atomic E-state index is 0.746. The minimum absolute atomic E-state index is 0.746. The number of ether oxygens (including phenoxy) is 1. The molecular weight excluding hydrogens is 318 g/mol. The molecular formula is C19H15N3OS. The molecule has 1 aromatic carbocycles. The molecule has 0 radical (unpaired) electrons. The monoisotopic (exact) mass is 333 g/mol. The molecule has 0 saturated carbocycles. The zero-order valence-corrected chi connectivity index (χ0v) is 13.9. The minimum Gasteiger partial charge on any atom is -0.497 e. The molecule has 2 aliphatic heterocycles. The second-order valence-corrected chi connectivity index (χ2v) is 5.80. The van der Waals surface area contributed by atoms with E-state index in [1.807, 2.05) is 71.9 Å². The number of hydrogen-bond acceptors (Lipinski definition) is 3. The summed E-state index contributed by atoms with van der Waals surface area (Å²) in [5.74, 6) is 0.817. The van der Waals surface area contributed by atoms with Crippen LogP contribution < -0.4 is 9.64 Å². The lowest BCUT2D eigenvalue weighted by Gasteiger charge is -2.22. The smallest absolute Gasteiger partial charge is 0.119 e. The highest BCUT2D eigenvalue weighted by molar-refractivity contribution is 7.81. The summed E-state index contributed by atoms with van der Waals surface area (Å²) in [4.78, 5) is 10.6. The van der Waals surface area contributed by atoms with Crippen LogP contribution in [-0.2, 0) is 0 Å². The second kappa shape index (κ2) is 5.94. The Labute approximate surface area is 145 Å². The summed E-state index contributed by atoms with van der Waals surface area (Å²) in [5, 5.41) is 0. The van der Waals surface area contributed by atoms with Gasteiger partial charge in [0.25, 0.3) is 0 Å². The van der Waals surface area contributed by atoms with Crippen LogP contribution in [0.25, 0.3) is 5.57 Å². The Hall–Kier alpha value is -2.92. The van der Waals surface area contributed by atoms with E-state index in [1.165, 1.54) is 0 Å². The van der Waals surface area contributed by atoms with Crippen molar-refractivity contribution in [2.24, 2.45) is 4.99 Å². The van der Waals surface area contributed by atoms with Crippen molar-refractivity contribution in [3.05, 3.63) is 77.9 Å². The second-order valence-electron chi connectivity index (χ2n) is 5.38. The molecule has 4 rings (SSSR count). The van der Waals surface area contributed by atoms with Gasteiger partial charge < -0.3 is 9.72 Å². The fourth-order valence-electron chi connectivity index (χ4n) is 2.85. The Bertz CT molecular complexity index is 903. The number of rotatable bonds is 3. The average Bonchev–Trinajstić information content (AvgIpc) is 3.34. The predicted octanol–water partition coefficient (Wildman–Crippen LogP) is 4.11. The third-order valence-corrected chi connectivity index (χ3v) is 4.33. The number of thiocarbonyl (C=S) groups is 1. The zero-order valence-electron chi connectivity index (χ0n) is 13.1. The maximum atomic E-state index is 5.53. The molecule has 0 saturated heterocycles. The number of nitrogens with one attached hydrogen (secondary N) is 1. The Balaban J connectivity index is 1.78. The first kappa shape index (κ1) is 14.7. The van der Waals surface area contributed by atoms with Crippen molar-refractivity contribution in [2.45, 2.75) is 0 Å². The predicted molar refractivity (Wildman–Crippen MR) is 101 cm³/mol. The number of benzene rings is 1. The molecule has 0 bridgehead atoms. The topological polar surface area (TPSA) is 40.6 Å². The van der Waals surface area contributed by atoms with E-state index < -0.39 is 0 Å². The summed E-state index contributed by atoms with van der Waals surface area (Å²) in [7, 11) is 1.66. The van der Waals surface area contributed by atoms with Crippen molar-refractivity contribution in [3.8, 4) is 5.75 Å². The van der Waals surface area contributed by atoms with Crippen LogP contribution in [0.5, 0.6) is 5.75 Å². The summed E-state index contributed by atoms with van der Waals surface area (Å²) < 4.78 is 5.24. The number of aliphatic imine (C=N–C) groups is 1. The summed E-state index contributed by atoms with van der Waals surface area (Å²) in [6, 6.07) is 11.9. The molecule has 1 aromatic heterocycles. The lowest BCUT2D eigenvalue weighted by molar-refractivity contribution is 0.415. The van der Waals surface area contributed by atoms with Gasteiger partial charge in [0.1, 0.15) is 10.7 Å². The van der Waals surface area contributed by atoms with Crippen LogP contribution in [0.4, 0.5) is 5.69 Å². The van der Waals surface area contributed by atoms with E-state index in [0.717, 1.165) is 39.1 Å². The highest BCUT2D eigenvalue weighted by Crippen LogP contribution is 2.35. The lowest BCUT2D eigenvalue weighted by atomic mass is 10.1. The van der Waals surface area contributed by atoms with Gasteiger partial charge >= 0.3 is 0 Å². The standard InChI is InChI=1S/C19H15N3OS/c1-23-14-6-4-13(5-7-14)22-17(8-9-18(22)24)19-15(10-12-21-19)16-3-2-11-20-16/h2-12,20H,1H3. The van der Waals surface area contributed by atoms with E-state index in [-0.39, 0.29) is 0 Å². The highest BCUT2D eigenvalue weighted by atomic mass is 32.1. The van der Waals surface area contributed by atoms with E-state index in [0.29, 0.717) is 0 Å². The van der Waals surface area contributed by atoms with Gasteiger partial charge in [-0.15, -0.1) is 0 Å². The van der Waals surface area contributed by atoms with Gasteiger partial charge in [-0.25, -0.2) is 0 Å². The number of methoxy groups -OCH3 is 1. The van der Waals surface area contributed by atoms with Gasteiger partial charge in [0.2, 0.25) is 0 Å². The van der Waals surface area contributed by atoms with Gasteiger partial charge in [0.05, 0.1) is 18.5 Å². The van der Waals surface area contributed by atoms with Crippen molar-refractivity contribution in [2.75, 3.05) is 12.0 Å². The quantitative estimate of drug-likeness (QED) is 0.860. The summed E-state index contributed by atoms with van der Waals surface area (Å²) in [6.45, 7) is 0. The summed E-state index contributed by atoms with van der Waals surface area (Å²) >= 11 is 5.53. The highest BCUT2D eigenvalue weighted by Gasteiger charge is 2.26.